The summed E-state index contributed by atoms with van der Waals surface area (Å²) in [4.78, 5) is 4.79. The van der Waals surface area contributed by atoms with Crippen LogP contribution in [0.15, 0.2) is 24.3 Å². The van der Waals surface area contributed by atoms with E-state index in [1.54, 1.807) is 0 Å². The van der Waals surface area contributed by atoms with Crippen LogP contribution >= 0.6 is 11.6 Å². The van der Waals surface area contributed by atoms with Crippen LogP contribution < -0.4 is 0 Å². The molecule has 1 aromatic carbocycles. The SMILES string of the molecule is OC1CCc2nc(C3CC3)n(Cc3ccc(Cl)cc3)c21. The average molecular weight is 289 g/mol. The van der Waals surface area contributed by atoms with E-state index in [2.05, 4.69) is 4.57 Å². The molecule has 20 heavy (non-hydrogen) atoms. The zero-order chi connectivity index (χ0) is 13.7. The van der Waals surface area contributed by atoms with Gasteiger partial charge in [0.05, 0.1) is 17.5 Å². The highest BCUT2D eigenvalue weighted by atomic mass is 35.5. The number of imidazole rings is 1. The number of aliphatic hydroxyl groups excluding tert-OH is 1. The van der Waals surface area contributed by atoms with Crippen LogP contribution in [0, 0.1) is 0 Å². The van der Waals surface area contributed by atoms with E-state index in [4.69, 9.17) is 16.6 Å². The summed E-state index contributed by atoms with van der Waals surface area (Å²) < 4.78 is 2.24. The van der Waals surface area contributed by atoms with E-state index in [1.807, 2.05) is 24.3 Å². The van der Waals surface area contributed by atoms with Gasteiger partial charge in [-0.25, -0.2) is 4.98 Å². The zero-order valence-corrected chi connectivity index (χ0v) is 12.0. The van der Waals surface area contributed by atoms with Crippen molar-refractivity contribution in [2.75, 3.05) is 0 Å². The number of benzene rings is 1. The molecule has 0 amide bonds. The van der Waals surface area contributed by atoms with Crippen LogP contribution in [0.5, 0.6) is 0 Å². The van der Waals surface area contributed by atoms with E-state index in [0.29, 0.717) is 5.92 Å². The number of nitrogens with zero attached hydrogens (tertiary/aromatic N) is 2. The lowest BCUT2D eigenvalue weighted by Crippen LogP contribution is -2.10. The molecule has 0 spiro atoms. The van der Waals surface area contributed by atoms with E-state index in [0.717, 1.165) is 35.8 Å². The lowest BCUT2D eigenvalue weighted by Gasteiger charge is -2.13. The van der Waals surface area contributed by atoms with Gasteiger partial charge in [0.1, 0.15) is 5.82 Å². The minimum atomic E-state index is -0.350. The first-order chi connectivity index (χ1) is 9.72. The second-order valence-electron chi connectivity index (χ2n) is 5.84. The number of aliphatic hydroxyl groups is 1. The predicted octanol–water partition coefficient (Wildman–Crippen LogP) is 3.44. The average Bonchev–Trinajstić information content (AvgIpc) is 3.13. The first kappa shape index (κ1) is 12.4. The minimum absolute atomic E-state index is 0.350. The summed E-state index contributed by atoms with van der Waals surface area (Å²) in [6.45, 7) is 0.780. The summed E-state index contributed by atoms with van der Waals surface area (Å²) in [5.74, 6) is 1.77. The maximum atomic E-state index is 10.2. The Hall–Kier alpha value is -1.32. The van der Waals surface area contributed by atoms with Crippen molar-refractivity contribution in [3.63, 3.8) is 0 Å². The van der Waals surface area contributed by atoms with Crippen molar-refractivity contribution >= 4 is 11.6 Å². The van der Waals surface area contributed by atoms with Crippen LogP contribution in [0.4, 0.5) is 0 Å². The molecule has 104 valence electrons. The van der Waals surface area contributed by atoms with Gasteiger partial charge >= 0.3 is 0 Å². The van der Waals surface area contributed by atoms with Crippen LogP contribution in [0.3, 0.4) is 0 Å². The summed E-state index contributed by atoms with van der Waals surface area (Å²) >= 11 is 5.94. The molecule has 0 radical (unpaired) electrons. The Bertz CT molecular complexity index is 643. The highest BCUT2D eigenvalue weighted by Gasteiger charge is 2.35. The Morgan fingerprint density at radius 2 is 1.95 bits per heavy atom. The molecule has 0 saturated heterocycles. The summed E-state index contributed by atoms with van der Waals surface area (Å²) in [5.41, 5.74) is 3.35. The molecule has 1 atom stereocenters. The molecular weight excluding hydrogens is 272 g/mol. The van der Waals surface area contributed by atoms with Gasteiger partial charge in [0.15, 0.2) is 0 Å². The number of hydrogen-bond donors (Lipinski definition) is 1. The zero-order valence-electron chi connectivity index (χ0n) is 11.2. The molecular formula is C16H17ClN2O. The Morgan fingerprint density at radius 3 is 2.65 bits per heavy atom. The second-order valence-corrected chi connectivity index (χ2v) is 6.28. The van der Waals surface area contributed by atoms with Gasteiger partial charge in [0.2, 0.25) is 0 Å². The fourth-order valence-electron chi connectivity index (χ4n) is 3.09. The molecule has 2 aliphatic carbocycles. The Morgan fingerprint density at radius 1 is 1.20 bits per heavy atom. The second kappa shape index (κ2) is 4.61. The summed E-state index contributed by atoms with van der Waals surface area (Å²) in [7, 11) is 0. The van der Waals surface area contributed by atoms with E-state index >= 15 is 0 Å². The highest BCUT2D eigenvalue weighted by molar-refractivity contribution is 6.30. The first-order valence-corrected chi connectivity index (χ1v) is 7.62. The molecule has 0 bridgehead atoms. The van der Waals surface area contributed by atoms with E-state index in [-0.39, 0.29) is 6.10 Å². The van der Waals surface area contributed by atoms with E-state index < -0.39 is 0 Å². The summed E-state index contributed by atoms with van der Waals surface area (Å²) in [6, 6.07) is 7.93. The molecule has 2 aromatic rings. The largest absolute Gasteiger partial charge is 0.387 e. The number of hydrogen-bond acceptors (Lipinski definition) is 2. The number of halogens is 1. The van der Waals surface area contributed by atoms with Crippen molar-refractivity contribution < 1.29 is 5.11 Å². The van der Waals surface area contributed by atoms with Crippen LogP contribution in [0.25, 0.3) is 0 Å². The number of fused-ring (bicyclic) bond motifs is 1. The predicted molar refractivity (Wildman–Crippen MR) is 78.0 cm³/mol. The monoisotopic (exact) mass is 288 g/mol. The number of aromatic nitrogens is 2. The lowest BCUT2D eigenvalue weighted by atomic mass is 10.2. The molecule has 1 N–H and O–H groups in total. The van der Waals surface area contributed by atoms with Gasteiger partial charge in [0, 0.05) is 17.5 Å². The summed E-state index contributed by atoms with van der Waals surface area (Å²) in [5, 5.41) is 11.0. The third kappa shape index (κ3) is 2.05. The molecule has 1 saturated carbocycles. The van der Waals surface area contributed by atoms with Crippen LogP contribution in [-0.4, -0.2) is 14.7 Å². The van der Waals surface area contributed by atoms with Gasteiger partial charge in [0.25, 0.3) is 0 Å². The lowest BCUT2D eigenvalue weighted by molar-refractivity contribution is 0.171. The number of aryl methyl sites for hydroxylation is 1. The quantitative estimate of drug-likeness (QED) is 0.939. The molecule has 4 heteroatoms. The van der Waals surface area contributed by atoms with Gasteiger partial charge in [-0.1, -0.05) is 23.7 Å². The van der Waals surface area contributed by atoms with Gasteiger partial charge in [-0.05, 0) is 43.4 Å². The van der Waals surface area contributed by atoms with Gasteiger partial charge in [-0.15, -0.1) is 0 Å². The van der Waals surface area contributed by atoms with Crippen LogP contribution in [0.2, 0.25) is 5.02 Å². The van der Waals surface area contributed by atoms with Gasteiger partial charge in [-0.2, -0.15) is 0 Å². The third-order valence-corrected chi connectivity index (χ3v) is 4.53. The molecule has 4 rings (SSSR count). The van der Waals surface area contributed by atoms with Gasteiger partial charge < -0.3 is 9.67 Å². The topological polar surface area (TPSA) is 38.1 Å². The molecule has 3 nitrogen and oxygen atoms in total. The minimum Gasteiger partial charge on any atom is -0.387 e. The standard InChI is InChI=1S/C16H17ClN2O/c17-12-5-1-10(2-6-12)9-19-15-13(7-8-14(15)20)18-16(19)11-3-4-11/h1-2,5-6,11,14,20H,3-4,7-9H2. The van der Waals surface area contributed by atoms with Crippen molar-refractivity contribution in [3.05, 3.63) is 52.1 Å². The fraction of sp³-hybridized carbons (Fsp3) is 0.438. The first-order valence-electron chi connectivity index (χ1n) is 7.24. The summed E-state index contributed by atoms with van der Waals surface area (Å²) in [6.07, 6.45) is 3.82. The van der Waals surface area contributed by atoms with E-state index in [9.17, 15) is 5.11 Å². The maximum Gasteiger partial charge on any atom is 0.112 e. The van der Waals surface area contributed by atoms with Gasteiger partial charge in [-0.3, -0.25) is 0 Å². The molecule has 0 aliphatic heterocycles. The Balaban J connectivity index is 1.74. The fourth-order valence-corrected chi connectivity index (χ4v) is 3.22. The van der Waals surface area contributed by atoms with Crippen molar-refractivity contribution in [1.29, 1.82) is 0 Å². The Kier molecular flexibility index (Phi) is 2.86. The smallest absolute Gasteiger partial charge is 0.112 e. The molecule has 1 aromatic heterocycles. The van der Waals surface area contributed by atoms with Crippen molar-refractivity contribution in [3.8, 4) is 0 Å². The Labute approximate surface area is 123 Å². The maximum absolute atomic E-state index is 10.2. The normalized spacial score (nSPS) is 21.2. The van der Waals surface area contributed by atoms with Crippen molar-refractivity contribution in [2.24, 2.45) is 0 Å². The third-order valence-electron chi connectivity index (χ3n) is 4.28. The van der Waals surface area contributed by atoms with Crippen LogP contribution in [-0.2, 0) is 13.0 Å². The van der Waals surface area contributed by atoms with Crippen LogP contribution in [0.1, 0.15) is 54.1 Å². The molecule has 1 heterocycles. The molecule has 2 aliphatic rings. The van der Waals surface area contributed by atoms with Crippen molar-refractivity contribution in [2.45, 2.75) is 44.2 Å². The molecule has 1 fully saturated rings. The van der Waals surface area contributed by atoms with E-state index in [1.165, 1.54) is 24.2 Å². The highest BCUT2D eigenvalue weighted by Crippen LogP contribution is 2.43. The molecule has 1 unspecified atom stereocenters. The van der Waals surface area contributed by atoms with Crippen molar-refractivity contribution in [1.82, 2.24) is 9.55 Å². The number of rotatable bonds is 3.